The molecule has 0 radical (unpaired) electrons. The molecule has 4 aromatic rings. The molecule has 0 atom stereocenters. The molecule has 7 nitrogen and oxygen atoms in total. The molecule has 1 amide bonds. The number of hydrogen-bond donors (Lipinski definition) is 1. The molecule has 0 saturated carbocycles. The van der Waals surface area contributed by atoms with Gasteiger partial charge < -0.3 is 5.32 Å². The van der Waals surface area contributed by atoms with Gasteiger partial charge in [0.15, 0.2) is 0 Å². The first kappa shape index (κ1) is 20.3. The summed E-state index contributed by atoms with van der Waals surface area (Å²) in [6.45, 7) is 5.32. The van der Waals surface area contributed by atoms with Gasteiger partial charge in [0.25, 0.3) is 5.56 Å². The third kappa shape index (κ3) is 4.14. The standard InChI is InChI=1S/C22H25N5O2S/c1-15(2)14-26-21(29)20-17(11-13-30-20)27-18(24-25-22(26)27)8-9-19(28)23-12-10-16-6-4-3-5-7-16/h3-7,11,13,15H,8-10,12,14H2,1-2H3,(H,23,28). The highest BCUT2D eigenvalue weighted by atomic mass is 32.1. The Hall–Kier alpha value is -3.00. The van der Waals surface area contributed by atoms with Crippen molar-refractivity contribution in [3.05, 3.63) is 63.5 Å². The Morgan fingerprint density at radius 2 is 1.93 bits per heavy atom. The highest BCUT2D eigenvalue weighted by Gasteiger charge is 2.18. The van der Waals surface area contributed by atoms with Crippen LogP contribution in [0, 0.1) is 5.92 Å². The van der Waals surface area contributed by atoms with Crippen LogP contribution in [0.1, 0.15) is 31.7 Å². The molecule has 0 spiro atoms. The highest BCUT2D eigenvalue weighted by Crippen LogP contribution is 2.20. The Kier molecular flexibility index (Phi) is 5.94. The average molecular weight is 424 g/mol. The third-order valence-electron chi connectivity index (χ3n) is 4.98. The minimum Gasteiger partial charge on any atom is -0.356 e. The SMILES string of the molecule is CC(C)Cn1c(=O)c2sccc2n2c(CCC(=O)NCCc3ccccc3)nnc12. The summed E-state index contributed by atoms with van der Waals surface area (Å²) in [6.07, 6.45) is 1.59. The van der Waals surface area contributed by atoms with Crippen LogP contribution >= 0.6 is 11.3 Å². The van der Waals surface area contributed by atoms with Gasteiger partial charge in [-0.25, -0.2) is 0 Å². The van der Waals surface area contributed by atoms with Crippen molar-refractivity contribution in [3.8, 4) is 0 Å². The van der Waals surface area contributed by atoms with Gasteiger partial charge in [-0.2, -0.15) is 0 Å². The first-order valence-electron chi connectivity index (χ1n) is 10.2. The van der Waals surface area contributed by atoms with Crippen molar-refractivity contribution >= 4 is 33.2 Å². The van der Waals surface area contributed by atoms with Crippen molar-refractivity contribution in [2.24, 2.45) is 5.92 Å². The molecule has 0 aliphatic heterocycles. The van der Waals surface area contributed by atoms with Crippen LogP contribution in [0.3, 0.4) is 0 Å². The Labute approximate surface area is 178 Å². The number of rotatable bonds is 8. The van der Waals surface area contributed by atoms with Gasteiger partial charge in [0.1, 0.15) is 10.5 Å². The molecule has 30 heavy (non-hydrogen) atoms. The molecule has 0 fully saturated rings. The quantitative estimate of drug-likeness (QED) is 0.472. The fraction of sp³-hybridized carbons (Fsp3) is 0.364. The van der Waals surface area contributed by atoms with E-state index in [1.807, 2.05) is 34.0 Å². The molecular formula is C22H25N5O2S. The number of benzene rings is 1. The van der Waals surface area contributed by atoms with Gasteiger partial charge >= 0.3 is 0 Å². The maximum atomic E-state index is 12.9. The Morgan fingerprint density at radius 3 is 2.70 bits per heavy atom. The van der Waals surface area contributed by atoms with Crippen LogP contribution in [-0.2, 0) is 24.2 Å². The van der Waals surface area contributed by atoms with Crippen LogP contribution in [0.2, 0.25) is 0 Å². The van der Waals surface area contributed by atoms with E-state index in [0.29, 0.717) is 48.2 Å². The number of fused-ring (bicyclic) bond motifs is 3. The van der Waals surface area contributed by atoms with E-state index < -0.39 is 0 Å². The second-order valence-corrected chi connectivity index (χ2v) is 8.70. The summed E-state index contributed by atoms with van der Waals surface area (Å²) in [7, 11) is 0. The van der Waals surface area contributed by atoms with E-state index in [1.165, 1.54) is 16.9 Å². The Bertz CT molecular complexity index is 1220. The predicted octanol–water partition coefficient (Wildman–Crippen LogP) is 3.05. The van der Waals surface area contributed by atoms with E-state index in [9.17, 15) is 9.59 Å². The van der Waals surface area contributed by atoms with E-state index in [4.69, 9.17) is 0 Å². The maximum Gasteiger partial charge on any atom is 0.272 e. The molecule has 3 aromatic heterocycles. The largest absolute Gasteiger partial charge is 0.356 e. The predicted molar refractivity (Wildman–Crippen MR) is 119 cm³/mol. The molecule has 0 aliphatic rings. The molecule has 8 heteroatoms. The fourth-order valence-corrected chi connectivity index (χ4v) is 4.40. The molecule has 4 rings (SSSR count). The molecule has 0 unspecified atom stereocenters. The van der Waals surface area contributed by atoms with Crippen LogP contribution in [0.5, 0.6) is 0 Å². The number of nitrogens with one attached hydrogen (secondary N) is 1. The molecule has 0 bridgehead atoms. The molecule has 0 aliphatic carbocycles. The summed E-state index contributed by atoms with van der Waals surface area (Å²) in [6, 6.07) is 12.0. The van der Waals surface area contributed by atoms with Crippen LogP contribution < -0.4 is 10.9 Å². The Morgan fingerprint density at radius 1 is 1.13 bits per heavy atom. The lowest BCUT2D eigenvalue weighted by Gasteiger charge is -2.11. The Balaban J connectivity index is 1.50. The number of hydrogen-bond acceptors (Lipinski definition) is 5. The molecule has 1 N–H and O–H groups in total. The number of thiophene rings is 1. The molecular weight excluding hydrogens is 398 g/mol. The van der Waals surface area contributed by atoms with Crippen molar-refractivity contribution in [2.45, 2.75) is 39.7 Å². The van der Waals surface area contributed by atoms with Crippen molar-refractivity contribution in [1.82, 2.24) is 24.5 Å². The van der Waals surface area contributed by atoms with E-state index >= 15 is 0 Å². The first-order chi connectivity index (χ1) is 14.5. The van der Waals surface area contributed by atoms with Crippen molar-refractivity contribution < 1.29 is 4.79 Å². The number of carbonyl (C=O) groups excluding carboxylic acids is 1. The summed E-state index contributed by atoms with van der Waals surface area (Å²) in [5.41, 5.74) is 1.98. The number of carbonyl (C=O) groups is 1. The summed E-state index contributed by atoms with van der Waals surface area (Å²) in [5.74, 6) is 1.53. The molecule has 0 saturated heterocycles. The summed E-state index contributed by atoms with van der Waals surface area (Å²) in [5, 5.41) is 13.5. The molecule has 3 heterocycles. The number of amides is 1. The summed E-state index contributed by atoms with van der Waals surface area (Å²) >= 11 is 1.43. The lowest BCUT2D eigenvalue weighted by atomic mass is 10.1. The zero-order chi connectivity index (χ0) is 21.1. The van der Waals surface area contributed by atoms with E-state index in [1.54, 1.807) is 4.57 Å². The highest BCUT2D eigenvalue weighted by molar-refractivity contribution is 7.17. The van der Waals surface area contributed by atoms with Gasteiger partial charge in [0.05, 0.1) is 5.52 Å². The second kappa shape index (κ2) is 8.79. The van der Waals surface area contributed by atoms with Gasteiger partial charge in [-0.15, -0.1) is 21.5 Å². The van der Waals surface area contributed by atoms with Crippen LogP contribution in [-0.4, -0.2) is 31.6 Å². The zero-order valence-corrected chi connectivity index (χ0v) is 18.0. The van der Waals surface area contributed by atoms with Gasteiger partial charge in [-0.3, -0.25) is 18.6 Å². The first-order valence-corrected chi connectivity index (χ1v) is 11.1. The number of aryl methyl sites for hydroxylation is 1. The van der Waals surface area contributed by atoms with E-state index in [0.717, 1.165) is 11.9 Å². The number of nitrogens with zero attached hydrogens (tertiary/aromatic N) is 4. The number of aromatic nitrogens is 4. The normalized spacial score (nSPS) is 11.6. The minimum absolute atomic E-state index is 0.0141. The smallest absolute Gasteiger partial charge is 0.272 e. The van der Waals surface area contributed by atoms with Gasteiger partial charge in [0.2, 0.25) is 11.7 Å². The molecule has 1 aromatic carbocycles. The topological polar surface area (TPSA) is 81.3 Å². The van der Waals surface area contributed by atoms with E-state index in [-0.39, 0.29) is 11.5 Å². The van der Waals surface area contributed by atoms with Gasteiger partial charge in [0, 0.05) is 25.9 Å². The minimum atomic E-state index is -0.0289. The second-order valence-electron chi connectivity index (χ2n) is 7.78. The van der Waals surface area contributed by atoms with Crippen molar-refractivity contribution in [1.29, 1.82) is 0 Å². The zero-order valence-electron chi connectivity index (χ0n) is 17.2. The van der Waals surface area contributed by atoms with Crippen molar-refractivity contribution in [3.63, 3.8) is 0 Å². The van der Waals surface area contributed by atoms with Crippen LogP contribution in [0.15, 0.2) is 46.6 Å². The lowest BCUT2D eigenvalue weighted by Crippen LogP contribution is -2.26. The summed E-state index contributed by atoms with van der Waals surface area (Å²) in [4.78, 5) is 25.2. The molecule has 156 valence electrons. The average Bonchev–Trinajstić information content (AvgIpc) is 3.37. The maximum absolute atomic E-state index is 12.9. The monoisotopic (exact) mass is 423 g/mol. The van der Waals surface area contributed by atoms with Gasteiger partial charge in [-0.1, -0.05) is 44.2 Å². The summed E-state index contributed by atoms with van der Waals surface area (Å²) < 4.78 is 4.31. The van der Waals surface area contributed by atoms with Crippen LogP contribution in [0.4, 0.5) is 0 Å². The van der Waals surface area contributed by atoms with E-state index in [2.05, 4.69) is 41.5 Å². The fourth-order valence-electron chi connectivity index (χ4n) is 3.58. The van der Waals surface area contributed by atoms with Crippen molar-refractivity contribution in [2.75, 3.05) is 6.54 Å². The lowest BCUT2D eigenvalue weighted by molar-refractivity contribution is -0.121. The van der Waals surface area contributed by atoms with Gasteiger partial charge in [-0.05, 0) is 29.3 Å². The van der Waals surface area contributed by atoms with Crippen LogP contribution in [0.25, 0.3) is 16.0 Å². The third-order valence-corrected chi connectivity index (χ3v) is 5.87.